The van der Waals surface area contributed by atoms with Crippen LogP contribution in [0.1, 0.15) is 0 Å². The second-order valence-electron chi connectivity index (χ2n) is 1.28. The third kappa shape index (κ3) is 1.91. The summed E-state index contributed by atoms with van der Waals surface area (Å²) in [4.78, 5) is 0. The van der Waals surface area contributed by atoms with Crippen LogP contribution >= 0.6 is 81.7 Å². The third-order valence-corrected chi connectivity index (χ3v) is 7.76. The summed E-state index contributed by atoms with van der Waals surface area (Å²) >= 11 is 14.2. The van der Waals surface area contributed by atoms with Crippen LogP contribution < -0.4 is 0 Å². The molecule has 0 aromatic carbocycles. The molecule has 0 unspecified atom stereocenters. The third-order valence-electron chi connectivity index (χ3n) is 0.717. The summed E-state index contributed by atoms with van der Waals surface area (Å²) in [6.07, 6.45) is 0. The van der Waals surface area contributed by atoms with Crippen molar-refractivity contribution in [2.24, 2.45) is 0 Å². The van der Waals surface area contributed by atoms with Crippen molar-refractivity contribution >= 4 is 81.7 Å². The lowest BCUT2D eigenvalue weighted by Crippen LogP contribution is -1.61. The smallest absolute Gasteiger partial charge is 0.0863 e. The van der Waals surface area contributed by atoms with Gasteiger partial charge >= 0.3 is 0 Å². The molecule has 0 radical (unpaired) electrons. The largest absolute Gasteiger partial charge is 0.119 e. The van der Waals surface area contributed by atoms with Crippen LogP contribution in [0.5, 0.6) is 0 Å². The van der Waals surface area contributed by atoms with Gasteiger partial charge in [-0.15, -0.1) is 11.3 Å². The number of hydrogen-bond donors (Lipinski definition) is 0. The molecule has 0 bridgehead atoms. The van der Waals surface area contributed by atoms with E-state index in [0.717, 1.165) is 8.26 Å². The van der Waals surface area contributed by atoms with Gasteiger partial charge in [0.2, 0.25) is 0 Å². The zero-order valence-electron chi connectivity index (χ0n) is 3.92. The first kappa shape index (κ1) is 8.96. The summed E-state index contributed by atoms with van der Waals surface area (Å²) in [5.41, 5.74) is 0. The van der Waals surface area contributed by atoms with E-state index in [4.69, 9.17) is 0 Å². The van der Waals surface area contributed by atoms with Gasteiger partial charge in [0.25, 0.3) is 0 Å². The molecule has 1 heterocycles. The van der Waals surface area contributed by atoms with Crippen molar-refractivity contribution in [2.75, 3.05) is 0 Å². The Morgan fingerprint density at radius 2 is 1.67 bits per heavy atom. The Balaban J connectivity index is 3.29. The van der Waals surface area contributed by atoms with Gasteiger partial charge in [-0.2, -0.15) is 0 Å². The monoisotopic (exact) mass is 444 g/mol. The highest BCUT2D eigenvalue weighted by Crippen LogP contribution is 2.40. The second-order valence-corrected chi connectivity index (χ2v) is 6.81. The fraction of sp³-hybridized carbons (Fsp3) is 0. The molecule has 0 saturated carbocycles. The molecular formula is C4Br3IS. The van der Waals surface area contributed by atoms with Crippen molar-refractivity contribution in [3.8, 4) is 0 Å². The minimum absolute atomic E-state index is 1.14. The van der Waals surface area contributed by atoms with Crippen LogP contribution in [0.3, 0.4) is 0 Å². The van der Waals surface area contributed by atoms with E-state index in [1.54, 1.807) is 11.3 Å². The second kappa shape index (κ2) is 3.51. The molecule has 0 nitrogen and oxygen atoms in total. The molecule has 0 aliphatic rings. The summed E-state index contributed by atoms with van der Waals surface area (Å²) in [5, 5.41) is 0. The van der Waals surface area contributed by atoms with Crippen molar-refractivity contribution in [1.29, 1.82) is 0 Å². The fourth-order valence-corrected chi connectivity index (χ4v) is 4.89. The maximum absolute atomic E-state index is 3.43. The van der Waals surface area contributed by atoms with E-state index in [1.807, 2.05) is 0 Å². The van der Waals surface area contributed by atoms with E-state index in [1.165, 1.54) is 7.36 Å². The Labute approximate surface area is 95.9 Å². The molecule has 0 amide bonds. The van der Waals surface area contributed by atoms with Crippen molar-refractivity contribution in [3.05, 3.63) is 15.6 Å². The first-order valence-electron chi connectivity index (χ1n) is 1.91. The van der Waals surface area contributed by atoms with Gasteiger partial charge in [0.05, 0.1) is 15.6 Å². The zero-order chi connectivity index (χ0) is 7.02. The van der Waals surface area contributed by atoms with Crippen LogP contribution in [0.4, 0.5) is 0 Å². The standard InChI is InChI=1S/C4Br3IS/c5-1-2(8)4(7)9-3(1)6. The molecule has 0 spiro atoms. The van der Waals surface area contributed by atoms with Gasteiger partial charge in [0.1, 0.15) is 0 Å². The highest BCUT2D eigenvalue weighted by Gasteiger charge is 2.08. The first-order valence-corrected chi connectivity index (χ1v) is 6.19. The minimum Gasteiger partial charge on any atom is -0.119 e. The van der Waals surface area contributed by atoms with Crippen molar-refractivity contribution in [2.45, 2.75) is 0 Å². The van der Waals surface area contributed by atoms with Crippen LogP contribution in [0.2, 0.25) is 0 Å². The zero-order valence-corrected chi connectivity index (χ0v) is 11.7. The molecule has 1 aromatic heterocycles. The Bertz CT molecular complexity index is 209. The highest BCUT2D eigenvalue weighted by atomic mass is 127. The van der Waals surface area contributed by atoms with Gasteiger partial charge < -0.3 is 0 Å². The summed E-state index contributed by atoms with van der Waals surface area (Å²) < 4.78 is 4.67. The van der Waals surface area contributed by atoms with E-state index in [9.17, 15) is 0 Å². The Morgan fingerprint density at radius 3 is 1.78 bits per heavy atom. The molecule has 0 aliphatic heterocycles. The summed E-state index contributed by atoms with van der Waals surface area (Å²) in [7, 11) is 0. The van der Waals surface area contributed by atoms with Gasteiger partial charge in [-0.05, 0) is 70.4 Å². The van der Waals surface area contributed by atoms with E-state index in [2.05, 4.69) is 70.4 Å². The van der Waals surface area contributed by atoms with Crippen LogP contribution in [-0.4, -0.2) is 0 Å². The Kier molecular flexibility index (Phi) is 3.50. The quantitative estimate of drug-likeness (QED) is 0.509. The molecule has 5 heteroatoms. The number of rotatable bonds is 0. The SMILES string of the molecule is Brc1sc(Br)c(I)c1Br. The molecule has 1 aromatic rings. The number of hydrogen-bond acceptors (Lipinski definition) is 1. The van der Waals surface area contributed by atoms with Crippen LogP contribution in [0, 0.1) is 3.57 Å². The summed E-state index contributed by atoms with van der Waals surface area (Å²) in [5.74, 6) is 0. The number of halogens is 4. The van der Waals surface area contributed by atoms with E-state index in [-0.39, 0.29) is 0 Å². The van der Waals surface area contributed by atoms with E-state index >= 15 is 0 Å². The lowest BCUT2D eigenvalue weighted by atomic mass is 10.7. The number of thiophene rings is 1. The fourth-order valence-electron chi connectivity index (χ4n) is 0.341. The van der Waals surface area contributed by atoms with Gasteiger partial charge in [0, 0.05) is 0 Å². The molecule has 0 saturated heterocycles. The van der Waals surface area contributed by atoms with Crippen molar-refractivity contribution in [1.82, 2.24) is 0 Å². The average Bonchev–Trinajstić information content (AvgIpc) is 1.98. The molecule has 9 heavy (non-hydrogen) atoms. The van der Waals surface area contributed by atoms with Crippen LogP contribution in [-0.2, 0) is 0 Å². The Morgan fingerprint density at radius 1 is 1.11 bits per heavy atom. The molecule has 0 N–H and O–H groups in total. The molecule has 0 fully saturated rings. The van der Waals surface area contributed by atoms with Gasteiger partial charge in [0.15, 0.2) is 0 Å². The molecule has 50 valence electrons. The van der Waals surface area contributed by atoms with E-state index in [0.29, 0.717) is 0 Å². The predicted octanol–water partition coefficient (Wildman–Crippen LogP) is 4.64. The maximum Gasteiger partial charge on any atom is 0.0863 e. The van der Waals surface area contributed by atoms with Gasteiger partial charge in [-0.3, -0.25) is 0 Å². The minimum atomic E-state index is 1.14. The molecule has 0 atom stereocenters. The molecule has 1 rings (SSSR count). The first-order chi connectivity index (χ1) is 4.13. The average molecular weight is 447 g/mol. The van der Waals surface area contributed by atoms with Crippen molar-refractivity contribution < 1.29 is 0 Å². The summed E-state index contributed by atoms with van der Waals surface area (Å²) in [6.45, 7) is 0. The molecule has 0 aliphatic carbocycles. The summed E-state index contributed by atoms with van der Waals surface area (Å²) in [6, 6.07) is 0. The molecular weight excluding hydrogens is 447 g/mol. The van der Waals surface area contributed by atoms with E-state index < -0.39 is 0 Å². The van der Waals surface area contributed by atoms with Gasteiger partial charge in [-0.1, -0.05) is 0 Å². The normalized spacial score (nSPS) is 10.2. The lowest BCUT2D eigenvalue weighted by Gasteiger charge is -1.82. The highest BCUT2D eigenvalue weighted by molar-refractivity contribution is 14.1. The van der Waals surface area contributed by atoms with Crippen LogP contribution in [0.15, 0.2) is 12.0 Å². The predicted molar refractivity (Wildman–Crippen MR) is 60.1 cm³/mol. The topological polar surface area (TPSA) is 0 Å². The van der Waals surface area contributed by atoms with Gasteiger partial charge in [-0.25, -0.2) is 0 Å². The maximum atomic E-state index is 3.43. The van der Waals surface area contributed by atoms with Crippen molar-refractivity contribution in [3.63, 3.8) is 0 Å². The lowest BCUT2D eigenvalue weighted by molar-refractivity contribution is 1.71. The van der Waals surface area contributed by atoms with Crippen LogP contribution in [0.25, 0.3) is 0 Å². The Hall–Kier alpha value is 1.87.